The fraction of sp³-hybridized carbons (Fsp3) is 0.632. The Morgan fingerprint density at radius 2 is 2.13 bits per heavy atom. The normalized spacial score (nSPS) is 23.6. The largest absolute Gasteiger partial charge is 0.480 e. The fourth-order valence-corrected chi connectivity index (χ4v) is 3.40. The quantitative estimate of drug-likeness (QED) is 0.772. The maximum Gasteiger partial charge on any atom is 0.320 e. The molecule has 128 valence electrons. The monoisotopic (exact) mass is 318 g/mol. The van der Waals surface area contributed by atoms with E-state index < -0.39 is 12.0 Å². The highest BCUT2D eigenvalue weighted by molar-refractivity contribution is 5.73. The van der Waals surface area contributed by atoms with Gasteiger partial charge < -0.3 is 10.4 Å². The number of carboxylic acid groups (broad SMARTS) is 1. The van der Waals surface area contributed by atoms with Crippen LogP contribution >= 0.6 is 0 Å². The van der Waals surface area contributed by atoms with E-state index in [1.54, 1.807) is 0 Å². The lowest BCUT2D eigenvalue weighted by molar-refractivity contribution is -0.140. The van der Waals surface area contributed by atoms with Gasteiger partial charge in [0, 0.05) is 25.2 Å². The van der Waals surface area contributed by atoms with Crippen LogP contribution in [0.5, 0.6) is 0 Å². The number of unbranched alkanes of at least 4 members (excludes halogenated alkanes) is 1. The maximum atomic E-state index is 11.4. The van der Waals surface area contributed by atoms with E-state index in [4.69, 9.17) is 0 Å². The molecular formula is C19H30N2O2. The van der Waals surface area contributed by atoms with E-state index in [9.17, 15) is 9.90 Å². The minimum atomic E-state index is -0.710. The molecule has 0 bridgehead atoms. The number of benzene rings is 1. The molecule has 1 heterocycles. The summed E-state index contributed by atoms with van der Waals surface area (Å²) in [7, 11) is 0. The standard InChI is InChI=1S/C19H30N2O2/c1-3-4-10-18(19(22)23)20-17-11-12-21(15(2)13-17)14-16-8-6-5-7-9-16/h5-9,15,17-18,20H,3-4,10-14H2,1-2H3,(H,22,23)/t15?,17?,18-/m0/s1. The van der Waals surface area contributed by atoms with Gasteiger partial charge in [0.25, 0.3) is 0 Å². The summed E-state index contributed by atoms with van der Waals surface area (Å²) in [6, 6.07) is 10.9. The van der Waals surface area contributed by atoms with E-state index >= 15 is 0 Å². The van der Waals surface area contributed by atoms with Crippen molar-refractivity contribution in [3.05, 3.63) is 35.9 Å². The minimum Gasteiger partial charge on any atom is -0.480 e. The number of carboxylic acids is 1. The molecule has 1 aliphatic heterocycles. The number of nitrogens with one attached hydrogen (secondary N) is 1. The first-order chi connectivity index (χ1) is 11.1. The van der Waals surface area contributed by atoms with E-state index in [0.29, 0.717) is 12.1 Å². The van der Waals surface area contributed by atoms with Gasteiger partial charge in [-0.2, -0.15) is 0 Å². The molecule has 0 aromatic heterocycles. The topological polar surface area (TPSA) is 52.6 Å². The molecule has 0 radical (unpaired) electrons. The van der Waals surface area contributed by atoms with Crippen LogP contribution < -0.4 is 5.32 Å². The summed E-state index contributed by atoms with van der Waals surface area (Å²) in [4.78, 5) is 13.9. The maximum absolute atomic E-state index is 11.4. The predicted octanol–water partition coefficient (Wildman–Crippen LogP) is 3.27. The third-order valence-corrected chi connectivity index (χ3v) is 4.82. The molecule has 0 spiro atoms. The molecule has 1 aliphatic rings. The molecule has 0 amide bonds. The van der Waals surface area contributed by atoms with Crippen molar-refractivity contribution >= 4 is 5.97 Å². The number of rotatable bonds is 8. The summed E-state index contributed by atoms with van der Waals surface area (Å²) < 4.78 is 0. The van der Waals surface area contributed by atoms with E-state index in [1.807, 2.05) is 6.07 Å². The van der Waals surface area contributed by atoms with Crippen molar-refractivity contribution in [1.82, 2.24) is 10.2 Å². The number of piperidine rings is 1. The zero-order valence-corrected chi connectivity index (χ0v) is 14.4. The van der Waals surface area contributed by atoms with Gasteiger partial charge in [-0.15, -0.1) is 0 Å². The van der Waals surface area contributed by atoms with Gasteiger partial charge >= 0.3 is 5.97 Å². The Hall–Kier alpha value is -1.39. The summed E-state index contributed by atoms with van der Waals surface area (Å²) in [6.45, 7) is 6.35. The number of carbonyl (C=O) groups is 1. The van der Waals surface area contributed by atoms with E-state index in [2.05, 4.69) is 48.3 Å². The third kappa shape index (κ3) is 5.63. The molecular weight excluding hydrogens is 288 g/mol. The summed E-state index contributed by atoms with van der Waals surface area (Å²) in [5.74, 6) is -0.710. The Balaban J connectivity index is 1.84. The van der Waals surface area contributed by atoms with Crippen LogP contribution in [0.1, 0.15) is 51.5 Å². The summed E-state index contributed by atoms with van der Waals surface area (Å²) >= 11 is 0. The summed E-state index contributed by atoms with van der Waals surface area (Å²) in [5.41, 5.74) is 1.34. The van der Waals surface area contributed by atoms with Crippen LogP contribution in [0.3, 0.4) is 0 Å². The van der Waals surface area contributed by atoms with Crippen LogP contribution in [0.4, 0.5) is 0 Å². The number of nitrogens with zero attached hydrogens (tertiary/aromatic N) is 1. The SMILES string of the molecule is CCCC[C@H](NC1CCN(Cc2ccccc2)C(C)C1)C(=O)O. The molecule has 3 atom stereocenters. The van der Waals surface area contributed by atoms with Gasteiger partial charge in [-0.1, -0.05) is 50.1 Å². The van der Waals surface area contributed by atoms with Crippen molar-refractivity contribution in [2.24, 2.45) is 0 Å². The third-order valence-electron chi connectivity index (χ3n) is 4.82. The average Bonchev–Trinajstić information content (AvgIpc) is 2.54. The Bertz CT molecular complexity index is 478. The molecule has 2 N–H and O–H groups in total. The van der Waals surface area contributed by atoms with Crippen LogP contribution in [0, 0.1) is 0 Å². The first-order valence-corrected chi connectivity index (χ1v) is 8.87. The second-order valence-electron chi connectivity index (χ2n) is 6.73. The molecule has 2 rings (SSSR count). The zero-order chi connectivity index (χ0) is 16.7. The van der Waals surface area contributed by atoms with Crippen molar-refractivity contribution in [3.63, 3.8) is 0 Å². The van der Waals surface area contributed by atoms with Crippen molar-refractivity contribution in [2.75, 3.05) is 6.54 Å². The predicted molar refractivity (Wildman–Crippen MR) is 93.4 cm³/mol. The Morgan fingerprint density at radius 1 is 1.39 bits per heavy atom. The van der Waals surface area contributed by atoms with Crippen molar-refractivity contribution in [1.29, 1.82) is 0 Å². The van der Waals surface area contributed by atoms with Crippen LogP contribution in [0.25, 0.3) is 0 Å². The molecule has 4 nitrogen and oxygen atoms in total. The van der Waals surface area contributed by atoms with E-state index in [0.717, 1.165) is 45.2 Å². The van der Waals surface area contributed by atoms with Crippen molar-refractivity contribution in [3.8, 4) is 0 Å². The van der Waals surface area contributed by atoms with Gasteiger partial charge in [0.05, 0.1) is 0 Å². The number of hydrogen-bond donors (Lipinski definition) is 2. The highest BCUT2D eigenvalue weighted by Gasteiger charge is 2.28. The second kappa shape index (κ2) is 9.04. The van der Waals surface area contributed by atoms with Gasteiger partial charge in [0.1, 0.15) is 6.04 Å². The van der Waals surface area contributed by atoms with E-state index in [-0.39, 0.29) is 0 Å². The highest BCUT2D eigenvalue weighted by Crippen LogP contribution is 2.20. The van der Waals surface area contributed by atoms with Gasteiger partial charge in [0.2, 0.25) is 0 Å². The number of hydrogen-bond acceptors (Lipinski definition) is 3. The second-order valence-corrected chi connectivity index (χ2v) is 6.73. The Kier molecular flexibility index (Phi) is 7.06. The van der Waals surface area contributed by atoms with Gasteiger partial charge in [-0.05, 0) is 31.7 Å². The first-order valence-electron chi connectivity index (χ1n) is 8.87. The molecule has 23 heavy (non-hydrogen) atoms. The number of aliphatic carboxylic acids is 1. The molecule has 1 fully saturated rings. The Morgan fingerprint density at radius 3 is 2.74 bits per heavy atom. The highest BCUT2D eigenvalue weighted by atomic mass is 16.4. The van der Waals surface area contributed by atoms with Crippen LogP contribution in [0.2, 0.25) is 0 Å². The van der Waals surface area contributed by atoms with E-state index in [1.165, 1.54) is 5.56 Å². The first kappa shape index (κ1) is 18.0. The lowest BCUT2D eigenvalue weighted by Gasteiger charge is -2.39. The lowest BCUT2D eigenvalue weighted by atomic mass is 9.96. The summed E-state index contributed by atoms with van der Waals surface area (Å²) in [5, 5.41) is 12.7. The molecule has 1 saturated heterocycles. The smallest absolute Gasteiger partial charge is 0.320 e. The molecule has 1 aromatic rings. The zero-order valence-electron chi connectivity index (χ0n) is 14.4. The van der Waals surface area contributed by atoms with Crippen LogP contribution in [-0.2, 0) is 11.3 Å². The lowest BCUT2D eigenvalue weighted by Crippen LogP contribution is -2.51. The number of likely N-dealkylation sites (tertiary alicyclic amines) is 1. The summed E-state index contributed by atoms with van der Waals surface area (Å²) in [6.07, 6.45) is 4.77. The molecule has 2 unspecified atom stereocenters. The van der Waals surface area contributed by atoms with Gasteiger partial charge in [0.15, 0.2) is 0 Å². The Labute approximate surface area is 139 Å². The van der Waals surface area contributed by atoms with Crippen LogP contribution in [0.15, 0.2) is 30.3 Å². The van der Waals surface area contributed by atoms with Crippen molar-refractivity contribution < 1.29 is 9.90 Å². The fourth-order valence-electron chi connectivity index (χ4n) is 3.40. The average molecular weight is 318 g/mol. The molecule has 4 heteroatoms. The molecule has 0 aliphatic carbocycles. The van der Waals surface area contributed by atoms with Gasteiger partial charge in [-0.3, -0.25) is 9.69 Å². The molecule has 1 aromatic carbocycles. The van der Waals surface area contributed by atoms with Crippen LogP contribution in [-0.4, -0.2) is 40.6 Å². The van der Waals surface area contributed by atoms with Gasteiger partial charge in [-0.25, -0.2) is 0 Å². The van der Waals surface area contributed by atoms with Crippen molar-refractivity contribution in [2.45, 2.75) is 70.6 Å². The minimum absolute atomic E-state index is 0.315. The molecule has 0 saturated carbocycles.